The molecule has 2 aromatic carbocycles. The predicted molar refractivity (Wildman–Crippen MR) is 74.9 cm³/mol. The van der Waals surface area contributed by atoms with Crippen molar-refractivity contribution in [2.75, 3.05) is 0 Å². The van der Waals surface area contributed by atoms with Crippen molar-refractivity contribution in [1.29, 1.82) is 0 Å². The minimum Gasteiger partial charge on any atom is -0.121 e. The lowest BCUT2D eigenvalue weighted by atomic mass is 10.2. The van der Waals surface area contributed by atoms with Gasteiger partial charge in [0.25, 0.3) is 0 Å². The average Bonchev–Trinajstić information content (AvgIpc) is 2.28. The van der Waals surface area contributed by atoms with Crippen LogP contribution in [0.25, 0.3) is 0 Å². The molecule has 2 aromatic rings. The molecule has 0 atom stereocenters. The quantitative estimate of drug-likeness (QED) is 0.714. The molecular weight excluding hydrogens is 280 g/mol. The second-order valence-corrected chi connectivity index (χ2v) is 5.62. The topological polar surface area (TPSA) is 0 Å². The Balaban J connectivity index is 2.05. The van der Waals surface area contributed by atoms with E-state index in [-0.39, 0.29) is 0 Å². The fourth-order valence-corrected chi connectivity index (χ4v) is 2.93. The summed E-state index contributed by atoms with van der Waals surface area (Å²) in [6.07, 6.45) is 0. The van der Waals surface area contributed by atoms with Crippen LogP contribution in [0.1, 0.15) is 11.1 Å². The summed E-state index contributed by atoms with van der Waals surface area (Å²) < 4.78 is 1.15. The zero-order valence-electron chi connectivity index (χ0n) is 9.11. The van der Waals surface area contributed by atoms with Gasteiger partial charge in [0, 0.05) is 15.1 Å². The fraction of sp³-hybridized carbons (Fsp3) is 0.143. The largest absolute Gasteiger partial charge is 0.121 e. The Morgan fingerprint density at radius 1 is 1.06 bits per heavy atom. The summed E-state index contributed by atoms with van der Waals surface area (Å²) in [6, 6.07) is 17.0. The molecule has 2 rings (SSSR count). The van der Waals surface area contributed by atoms with E-state index in [9.17, 15) is 0 Å². The fourth-order valence-electron chi connectivity index (χ4n) is 1.51. The van der Waals surface area contributed by atoms with Crippen LogP contribution >= 0.6 is 27.7 Å². The number of thioether (sulfide) groups is 1. The van der Waals surface area contributed by atoms with E-state index in [0.29, 0.717) is 0 Å². The van der Waals surface area contributed by atoms with Crippen molar-refractivity contribution in [3.63, 3.8) is 0 Å². The van der Waals surface area contributed by atoms with Crippen molar-refractivity contribution < 1.29 is 0 Å². The van der Waals surface area contributed by atoms with E-state index in [1.165, 1.54) is 16.0 Å². The zero-order chi connectivity index (χ0) is 11.4. The molecule has 2 heteroatoms. The van der Waals surface area contributed by atoms with Gasteiger partial charge in [-0.1, -0.05) is 46.3 Å². The lowest BCUT2D eigenvalue weighted by Crippen LogP contribution is -1.82. The molecule has 0 nitrogen and oxygen atoms in total. The smallest absolute Gasteiger partial charge is 0.0232 e. The third-order valence-electron chi connectivity index (χ3n) is 2.38. The third-order valence-corrected chi connectivity index (χ3v) is 4.12. The molecule has 0 amide bonds. The van der Waals surface area contributed by atoms with E-state index < -0.39 is 0 Å². The molecule has 0 N–H and O–H groups in total. The highest BCUT2D eigenvalue weighted by molar-refractivity contribution is 9.10. The number of aryl methyl sites for hydroxylation is 1. The van der Waals surface area contributed by atoms with Gasteiger partial charge >= 0.3 is 0 Å². The molecule has 0 aromatic heterocycles. The van der Waals surface area contributed by atoms with Gasteiger partial charge in [0.2, 0.25) is 0 Å². The van der Waals surface area contributed by atoms with E-state index in [1.807, 2.05) is 11.8 Å². The van der Waals surface area contributed by atoms with Gasteiger partial charge in [0.1, 0.15) is 0 Å². The van der Waals surface area contributed by atoms with Gasteiger partial charge in [0.05, 0.1) is 0 Å². The molecule has 0 radical (unpaired) electrons. The Hall–Kier alpha value is -0.730. The van der Waals surface area contributed by atoms with E-state index in [1.54, 1.807) is 0 Å². The lowest BCUT2D eigenvalue weighted by Gasteiger charge is -2.05. The molecule has 0 saturated heterocycles. The Morgan fingerprint density at radius 3 is 2.62 bits per heavy atom. The van der Waals surface area contributed by atoms with Crippen LogP contribution in [0.2, 0.25) is 0 Å². The number of hydrogen-bond donors (Lipinski definition) is 0. The molecule has 0 bridgehead atoms. The van der Waals surface area contributed by atoms with Gasteiger partial charge in [-0.05, 0) is 36.2 Å². The number of hydrogen-bond acceptors (Lipinski definition) is 1. The summed E-state index contributed by atoms with van der Waals surface area (Å²) in [5.41, 5.74) is 2.70. The van der Waals surface area contributed by atoms with Gasteiger partial charge in [-0.25, -0.2) is 0 Å². The first-order valence-corrected chi connectivity index (χ1v) is 6.96. The predicted octanol–water partition coefficient (Wildman–Crippen LogP) is 5.05. The molecular formula is C14H13BrS. The minimum atomic E-state index is 1.02. The van der Waals surface area contributed by atoms with Crippen molar-refractivity contribution in [2.45, 2.75) is 17.6 Å². The van der Waals surface area contributed by atoms with Crippen molar-refractivity contribution in [3.8, 4) is 0 Å². The molecule has 0 spiro atoms. The summed E-state index contributed by atoms with van der Waals surface area (Å²) in [5, 5.41) is 0. The van der Waals surface area contributed by atoms with Crippen LogP contribution in [0.15, 0.2) is 57.9 Å². The maximum absolute atomic E-state index is 3.49. The van der Waals surface area contributed by atoms with Crippen LogP contribution in [-0.4, -0.2) is 0 Å². The Kier molecular flexibility index (Phi) is 4.08. The van der Waals surface area contributed by atoms with Crippen molar-refractivity contribution >= 4 is 27.7 Å². The highest BCUT2D eigenvalue weighted by Crippen LogP contribution is 2.26. The molecule has 16 heavy (non-hydrogen) atoms. The molecule has 0 aliphatic rings. The highest BCUT2D eigenvalue weighted by atomic mass is 79.9. The Labute approximate surface area is 109 Å². The van der Waals surface area contributed by atoms with Crippen LogP contribution in [0.5, 0.6) is 0 Å². The van der Waals surface area contributed by atoms with Crippen molar-refractivity contribution in [3.05, 3.63) is 64.1 Å². The lowest BCUT2D eigenvalue weighted by molar-refractivity contribution is 1.29. The summed E-state index contributed by atoms with van der Waals surface area (Å²) in [7, 11) is 0. The Bertz CT molecular complexity index is 480. The molecule has 0 fully saturated rings. The van der Waals surface area contributed by atoms with Gasteiger partial charge < -0.3 is 0 Å². The summed E-state index contributed by atoms with van der Waals surface area (Å²) in [6.45, 7) is 2.16. The van der Waals surface area contributed by atoms with Crippen LogP contribution < -0.4 is 0 Å². The maximum atomic E-state index is 3.49. The molecule has 0 unspecified atom stereocenters. The molecule has 82 valence electrons. The van der Waals surface area contributed by atoms with Gasteiger partial charge in [-0.3, -0.25) is 0 Å². The van der Waals surface area contributed by atoms with Gasteiger partial charge in [-0.15, -0.1) is 11.8 Å². The maximum Gasteiger partial charge on any atom is 0.0232 e. The first-order chi connectivity index (χ1) is 7.75. The third kappa shape index (κ3) is 3.13. The SMILES string of the molecule is Cc1ccccc1SCc1cccc(Br)c1. The zero-order valence-corrected chi connectivity index (χ0v) is 11.5. The van der Waals surface area contributed by atoms with Crippen LogP contribution in [0.3, 0.4) is 0 Å². The first kappa shape index (κ1) is 11.7. The second kappa shape index (κ2) is 5.55. The van der Waals surface area contributed by atoms with Gasteiger partial charge in [0.15, 0.2) is 0 Å². The molecule has 0 aliphatic carbocycles. The average molecular weight is 293 g/mol. The number of rotatable bonds is 3. The van der Waals surface area contributed by atoms with Crippen molar-refractivity contribution in [2.24, 2.45) is 0 Å². The van der Waals surface area contributed by atoms with Crippen LogP contribution in [0, 0.1) is 6.92 Å². The van der Waals surface area contributed by atoms with E-state index in [0.717, 1.165) is 10.2 Å². The van der Waals surface area contributed by atoms with E-state index >= 15 is 0 Å². The molecule has 0 saturated carbocycles. The summed E-state index contributed by atoms with van der Waals surface area (Å²) in [4.78, 5) is 1.36. The summed E-state index contributed by atoms with van der Waals surface area (Å²) >= 11 is 5.38. The van der Waals surface area contributed by atoms with E-state index in [4.69, 9.17) is 0 Å². The monoisotopic (exact) mass is 292 g/mol. The van der Waals surface area contributed by atoms with Crippen molar-refractivity contribution in [1.82, 2.24) is 0 Å². The number of halogens is 1. The molecule has 0 aliphatic heterocycles. The number of benzene rings is 2. The standard InChI is InChI=1S/C14H13BrS/c1-11-5-2-3-8-14(11)16-10-12-6-4-7-13(15)9-12/h2-9H,10H2,1H3. The minimum absolute atomic E-state index is 1.02. The normalized spacial score (nSPS) is 10.4. The Morgan fingerprint density at radius 2 is 1.88 bits per heavy atom. The van der Waals surface area contributed by atoms with E-state index in [2.05, 4.69) is 71.4 Å². The highest BCUT2D eigenvalue weighted by Gasteiger charge is 1.99. The van der Waals surface area contributed by atoms with Crippen LogP contribution in [-0.2, 0) is 5.75 Å². The summed E-state index contributed by atoms with van der Waals surface area (Å²) in [5.74, 6) is 1.02. The van der Waals surface area contributed by atoms with Gasteiger partial charge in [-0.2, -0.15) is 0 Å². The first-order valence-electron chi connectivity index (χ1n) is 5.18. The second-order valence-electron chi connectivity index (χ2n) is 3.68. The van der Waals surface area contributed by atoms with Crippen LogP contribution in [0.4, 0.5) is 0 Å². The molecule has 0 heterocycles.